The summed E-state index contributed by atoms with van der Waals surface area (Å²) in [6.07, 6.45) is 3.14. The van der Waals surface area contributed by atoms with Crippen LogP contribution in [0.3, 0.4) is 0 Å². The third-order valence-corrected chi connectivity index (χ3v) is 3.80. The molecule has 0 radical (unpaired) electrons. The smallest absolute Gasteiger partial charge is 0.319 e. The molecule has 1 aromatic heterocycles. The standard InChI is InChI=1S/C18H15NO3/c20-17(21)18(13-16-19-11-12-22-16,14-7-3-1-4-8-14)15-9-5-2-6-10-15/h1-12H,13H2,(H,20,21). The Hall–Kier alpha value is -2.88. The van der Waals surface area contributed by atoms with Gasteiger partial charge in [0.2, 0.25) is 0 Å². The van der Waals surface area contributed by atoms with Gasteiger partial charge in [-0.2, -0.15) is 0 Å². The zero-order chi connectivity index (χ0) is 15.4. The van der Waals surface area contributed by atoms with Crippen LogP contribution < -0.4 is 0 Å². The van der Waals surface area contributed by atoms with Crippen LogP contribution in [0.4, 0.5) is 0 Å². The van der Waals surface area contributed by atoms with E-state index in [0.29, 0.717) is 17.0 Å². The molecule has 0 bridgehead atoms. The Kier molecular flexibility index (Phi) is 3.74. The lowest BCUT2D eigenvalue weighted by Gasteiger charge is -2.29. The number of aromatic nitrogens is 1. The molecule has 4 heteroatoms. The van der Waals surface area contributed by atoms with Gasteiger partial charge in [-0.05, 0) is 11.1 Å². The number of rotatable bonds is 5. The Bertz CT molecular complexity index is 697. The number of nitrogens with zero attached hydrogens (tertiary/aromatic N) is 1. The molecule has 0 saturated carbocycles. The van der Waals surface area contributed by atoms with Gasteiger partial charge in [0.1, 0.15) is 11.7 Å². The predicted octanol–water partition coefficient (Wildman–Crippen LogP) is 3.29. The first-order valence-electron chi connectivity index (χ1n) is 6.96. The molecule has 0 fully saturated rings. The Labute approximate surface area is 128 Å². The van der Waals surface area contributed by atoms with E-state index in [9.17, 15) is 9.90 Å². The first-order chi connectivity index (χ1) is 10.7. The van der Waals surface area contributed by atoms with Crippen LogP contribution in [0.25, 0.3) is 0 Å². The van der Waals surface area contributed by atoms with Crippen molar-refractivity contribution in [2.24, 2.45) is 0 Å². The van der Waals surface area contributed by atoms with Gasteiger partial charge in [0.15, 0.2) is 5.89 Å². The van der Waals surface area contributed by atoms with Crippen molar-refractivity contribution in [3.05, 3.63) is 90.1 Å². The molecular formula is C18H15NO3. The molecule has 0 spiro atoms. The Morgan fingerprint density at radius 2 is 1.55 bits per heavy atom. The second-order valence-corrected chi connectivity index (χ2v) is 5.05. The molecule has 0 amide bonds. The van der Waals surface area contributed by atoms with E-state index in [-0.39, 0.29) is 6.42 Å². The molecule has 22 heavy (non-hydrogen) atoms. The second kappa shape index (κ2) is 5.85. The molecule has 110 valence electrons. The van der Waals surface area contributed by atoms with Crippen LogP contribution >= 0.6 is 0 Å². The highest BCUT2D eigenvalue weighted by atomic mass is 16.4. The van der Waals surface area contributed by atoms with Crippen LogP contribution in [0.2, 0.25) is 0 Å². The van der Waals surface area contributed by atoms with E-state index in [2.05, 4.69) is 4.98 Å². The van der Waals surface area contributed by atoms with Crippen LogP contribution in [0.1, 0.15) is 17.0 Å². The molecule has 3 aromatic rings. The minimum atomic E-state index is -1.23. The Morgan fingerprint density at radius 3 is 1.95 bits per heavy atom. The maximum absolute atomic E-state index is 12.3. The topological polar surface area (TPSA) is 63.3 Å². The highest BCUT2D eigenvalue weighted by Gasteiger charge is 2.43. The number of aliphatic carboxylic acids is 1. The maximum Gasteiger partial charge on any atom is 0.319 e. The normalized spacial score (nSPS) is 11.3. The fourth-order valence-electron chi connectivity index (χ4n) is 2.71. The van der Waals surface area contributed by atoms with Gasteiger partial charge in [-0.25, -0.2) is 4.98 Å². The second-order valence-electron chi connectivity index (χ2n) is 5.05. The van der Waals surface area contributed by atoms with Crippen LogP contribution in [0, 0.1) is 0 Å². The van der Waals surface area contributed by atoms with Gasteiger partial charge < -0.3 is 9.52 Å². The molecular weight excluding hydrogens is 278 g/mol. The Balaban J connectivity index is 2.21. The lowest BCUT2D eigenvalue weighted by atomic mass is 9.72. The van der Waals surface area contributed by atoms with E-state index in [1.165, 1.54) is 12.5 Å². The number of oxazole rings is 1. The zero-order valence-corrected chi connectivity index (χ0v) is 11.8. The van der Waals surface area contributed by atoms with E-state index < -0.39 is 11.4 Å². The molecule has 4 nitrogen and oxygen atoms in total. The third kappa shape index (κ3) is 2.39. The molecule has 2 aromatic carbocycles. The summed E-state index contributed by atoms with van der Waals surface area (Å²) in [5.41, 5.74) is 0.173. The molecule has 0 unspecified atom stereocenters. The van der Waals surface area contributed by atoms with Crippen molar-refractivity contribution in [1.82, 2.24) is 4.98 Å². The highest BCUT2D eigenvalue weighted by Crippen LogP contribution is 2.36. The fraction of sp³-hybridized carbons (Fsp3) is 0.111. The molecule has 0 saturated heterocycles. The van der Waals surface area contributed by atoms with Gasteiger partial charge in [0.25, 0.3) is 0 Å². The van der Waals surface area contributed by atoms with Crippen LogP contribution in [-0.2, 0) is 16.6 Å². The number of carbonyl (C=O) groups is 1. The molecule has 1 heterocycles. The zero-order valence-electron chi connectivity index (χ0n) is 11.8. The number of carboxylic acids is 1. The third-order valence-electron chi connectivity index (χ3n) is 3.80. The van der Waals surface area contributed by atoms with Crippen molar-refractivity contribution >= 4 is 5.97 Å². The molecule has 0 atom stereocenters. The van der Waals surface area contributed by atoms with Gasteiger partial charge >= 0.3 is 5.97 Å². The summed E-state index contributed by atoms with van der Waals surface area (Å²) >= 11 is 0. The minimum absolute atomic E-state index is 0.156. The average Bonchev–Trinajstić information content (AvgIpc) is 3.07. The average molecular weight is 293 g/mol. The first kappa shape index (κ1) is 14.1. The first-order valence-corrected chi connectivity index (χ1v) is 6.96. The SMILES string of the molecule is O=C(O)C(Cc1ncco1)(c1ccccc1)c1ccccc1. The summed E-state index contributed by atoms with van der Waals surface area (Å²) in [5.74, 6) is -0.529. The lowest BCUT2D eigenvalue weighted by molar-refractivity contribution is -0.142. The number of carboxylic acid groups (broad SMARTS) is 1. The summed E-state index contributed by atoms with van der Waals surface area (Å²) in [5, 5.41) is 10.1. The fourth-order valence-corrected chi connectivity index (χ4v) is 2.71. The lowest BCUT2D eigenvalue weighted by Crippen LogP contribution is -2.39. The van der Waals surface area contributed by atoms with Gasteiger partial charge in [-0.1, -0.05) is 60.7 Å². The summed E-state index contributed by atoms with van der Waals surface area (Å²) in [6.45, 7) is 0. The quantitative estimate of drug-likeness (QED) is 0.784. The molecule has 0 aliphatic heterocycles. The van der Waals surface area contributed by atoms with E-state index >= 15 is 0 Å². The van der Waals surface area contributed by atoms with Crippen molar-refractivity contribution in [3.8, 4) is 0 Å². The number of hydrogen-bond donors (Lipinski definition) is 1. The maximum atomic E-state index is 12.3. The van der Waals surface area contributed by atoms with Crippen LogP contribution in [0.15, 0.2) is 77.5 Å². The van der Waals surface area contributed by atoms with E-state index in [4.69, 9.17) is 4.42 Å². The molecule has 1 N–H and O–H groups in total. The van der Waals surface area contributed by atoms with Crippen LogP contribution in [-0.4, -0.2) is 16.1 Å². The summed E-state index contributed by atoms with van der Waals surface area (Å²) in [6, 6.07) is 18.4. The van der Waals surface area contributed by atoms with E-state index in [0.717, 1.165) is 0 Å². The molecule has 3 rings (SSSR count). The molecule has 0 aliphatic carbocycles. The highest BCUT2D eigenvalue weighted by molar-refractivity contribution is 5.86. The molecule has 0 aliphatic rings. The van der Waals surface area contributed by atoms with Gasteiger partial charge in [-0.3, -0.25) is 4.79 Å². The van der Waals surface area contributed by atoms with Crippen LogP contribution in [0.5, 0.6) is 0 Å². The predicted molar refractivity (Wildman–Crippen MR) is 81.5 cm³/mol. The van der Waals surface area contributed by atoms with Crippen molar-refractivity contribution in [1.29, 1.82) is 0 Å². The Morgan fingerprint density at radius 1 is 1.00 bits per heavy atom. The summed E-state index contributed by atoms with van der Waals surface area (Å²) in [4.78, 5) is 16.4. The largest absolute Gasteiger partial charge is 0.480 e. The van der Waals surface area contributed by atoms with Gasteiger partial charge in [-0.15, -0.1) is 0 Å². The van der Waals surface area contributed by atoms with Crippen molar-refractivity contribution in [2.45, 2.75) is 11.8 Å². The van der Waals surface area contributed by atoms with Gasteiger partial charge in [0.05, 0.1) is 6.20 Å². The van der Waals surface area contributed by atoms with Crippen molar-refractivity contribution in [3.63, 3.8) is 0 Å². The monoisotopic (exact) mass is 293 g/mol. The minimum Gasteiger partial charge on any atom is -0.480 e. The number of hydrogen-bond acceptors (Lipinski definition) is 3. The van der Waals surface area contributed by atoms with Crippen molar-refractivity contribution < 1.29 is 14.3 Å². The van der Waals surface area contributed by atoms with E-state index in [1.807, 2.05) is 60.7 Å². The summed E-state index contributed by atoms with van der Waals surface area (Å²) < 4.78 is 5.31. The van der Waals surface area contributed by atoms with Gasteiger partial charge in [0, 0.05) is 6.42 Å². The van der Waals surface area contributed by atoms with E-state index in [1.54, 1.807) is 0 Å². The van der Waals surface area contributed by atoms with Crippen molar-refractivity contribution in [2.75, 3.05) is 0 Å². The summed E-state index contributed by atoms with van der Waals surface area (Å²) in [7, 11) is 0. The number of benzene rings is 2.